The Kier molecular flexibility index (Phi) is 13.8. The summed E-state index contributed by atoms with van der Waals surface area (Å²) in [5, 5.41) is 0. The molecule has 4 nitrogen and oxygen atoms in total. The molecule has 0 aliphatic carbocycles. The lowest BCUT2D eigenvalue weighted by Crippen LogP contribution is -2.17. The minimum Gasteiger partial charge on any atom is -0.379 e. The van der Waals surface area contributed by atoms with E-state index in [9.17, 15) is 0 Å². The molecule has 0 rings (SSSR count). The average Bonchev–Trinajstić information content (AvgIpc) is 2.30. The molecule has 0 aromatic rings. The molecular formula is C10H20Cl2O4. The van der Waals surface area contributed by atoms with Crippen molar-refractivity contribution in [2.45, 2.75) is 12.5 Å². The van der Waals surface area contributed by atoms with E-state index in [0.29, 0.717) is 52.1 Å². The van der Waals surface area contributed by atoms with Crippen LogP contribution in [-0.2, 0) is 18.9 Å². The maximum atomic E-state index is 5.77. The molecule has 0 radical (unpaired) electrons. The summed E-state index contributed by atoms with van der Waals surface area (Å²) >= 11 is 11.2. The summed E-state index contributed by atoms with van der Waals surface area (Å²) < 4.78 is 20.7. The smallest absolute Gasteiger partial charge is 0.154 e. The highest BCUT2D eigenvalue weighted by Crippen LogP contribution is 1.99. The van der Waals surface area contributed by atoms with Crippen LogP contribution in [0.2, 0.25) is 0 Å². The van der Waals surface area contributed by atoms with Gasteiger partial charge in [0.25, 0.3) is 0 Å². The Morgan fingerprint density at radius 2 is 1.56 bits per heavy atom. The van der Waals surface area contributed by atoms with E-state index in [0.717, 1.165) is 0 Å². The number of halogens is 2. The zero-order valence-corrected chi connectivity index (χ0v) is 11.1. The minimum absolute atomic E-state index is 0.341. The van der Waals surface area contributed by atoms with Crippen LogP contribution in [0.4, 0.5) is 0 Å². The van der Waals surface area contributed by atoms with Crippen molar-refractivity contribution in [1.29, 1.82) is 0 Å². The fraction of sp³-hybridized carbons (Fsp3) is 1.00. The van der Waals surface area contributed by atoms with Gasteiger partial charge < -0.3 is 18.9 Å². The Morgan fingerprint density at radius 3 is 2.19 bits per heavy atom. The predicted molar refractivity (Wildman–Crippen MR) is 64.4 cm³/mol. The quantitative estimate of drug-likeness (QED) is 0.402. The van der Waals surface area contributed by atoms with Gasteiger partial charge in [0.2, 0.25) is 0 Å². The SMILES string of the molecule is CCOCCOCCOCC(Cl)OCCCl. The van der Waals surface area contributed by atoms with Gasteiger partial charge in [0, 0.05) is 12.5 Å². The number of alkyl halides is 2. The highest BCUT2D eigenvalue weighted by atomic mass is 35.5. The molecule has 16 heavy (non-hydrogen) atoms. The molecule has 0 bridgehead atoms. The second-order valence-corrected chi connectivity index (χ2v) is 3.72. The van der Waals surface area contributed by atoms with E-state index in [2.05, 4.69) is 0 Å². The van der Waals surface area contributed by atoms with E-state index in [1.54, 1.807) is 0 Å². The van der Waals surface area contributed by atoms with Crippen molar-refractivity contribution in [2.24, 2.45) is 0 Å². The third kappa shape index (κ3) is 12.5. The van der Waals surface area contributed by atoms with Gasteiger partial charge in [-0.05, 0) is 6.92 Å². The molecule has 0 spiro atoms. The van der Waals surface area contributed by atoms with E-state index in [1.165, 1.54) is 0 Å². The first-order valence-electron chi connectivity index (χ1n) is 5.36. The lowest BCUT2D eigenvalue weighted by atomic mass is 10.7. The first kappa shape index (κ1) is 16.4. The third-order valence-electron chi connectivity index (χ3n) is 1.57. The Bertz CT molecular complexity index is 138. The molecule has 1 atom stereocenters. The fourth-order valence-corrected chi connectivity index (χ4v) is 1.15. The summed E-state index contributed by atoms with van der Waals surface area (Å²) in [6, 6.07) is 0. The highest BCUT2D eigenvalue weighted by Gasteiger charge is 2.03. The average molecular weight is 275 g/mol. The Labute approximate surface area is 107 Å². The fourth-order valence-electron chi connectivity index (χ4n) is 0.879. The zero-order valence-electron chi connectivity index (χ0n) is 9.62. The predicted octanol–water partition coefficient (Wildman–Crippen LogP) is 1.88. The van der Waals surface area contributed by atoms with E-state index in [4.69, 9.17) is 42.1 Å². The zero-order chi connectivity index (χ0) is 12.1. The van der Waals surface area contributed by atoms with Crippen LogP contribution in [-0.4, -0.2) is 57.7 Å². The molecule has 0 N–H and O–H groups in total. The Morgan fingerprint density at radius 1 is 0.938 bits per heavy atom. The van der Waals surface area contributed by atoms with Gasteiger partial charge in [0.05, 0.1) is 39.6 Å². The summed E-state index contributed by atoms with van der Waals surface area (Å²) in [6.45, 7) is 5.68. The third-order valence-corrected chi connectivity index (χ3v) is 1.98. The van der Waals surface area contributed by atoms with Crippen LogP contribution in [0.15, 0.2) is 0 Å². The van der Waals surface area contributed by atoms with Crippen molar-refractivity contribution in [2.75, 3.05) is 52.1 Å². The molecule has 0 saturated heterocycles. The first-order valence-corrected chi connectivity index (χ1v) is 6.33. The van der Waals surface area contributed by atoms with E-state index >= 15 is 0 Å². The standard InChI is InChI=1S/C10H20Cl2O4/c1-2-13-5-6-14-7-8-15-9-10(12)16-4-3-11/h10H,2-9H2,1H3. The lowest BCUT2D eigenvalue weighted by Gasteiger charge is -2.10. The molecule has 1 unspecified atom stereocenters. The van der Waals surface area contributed by atoms with Gasteiger partial charge in [-0.25, -0.2) is 0 Å². The van der Waals surface area contributed by atoms with Gasteiger partial charge in [-0.2, -0.15) is 0 Å². The van der Waals surface area contributed by atoms with Crippen molar-refractivity contribution in [3.8, 4) is 0 Å². The van der Waals surface area contributed by atoms with Gasteiger partial charge in [0.1, 0.15) is 0 Å². The lowest BCUT2D eigenvalue weighted by molar-refractivity contribution is -0.00810. The second kappa shape index (κ2) is 13.5. The molecule has 0 amide bonds. The highest BCUT2D eigenvalue weighted by molar-refractivity contribution is 6.20. The molecule has 0 saturated carbocycles. The van der Waals surface area contributed by atoms with Crippen LogP contribution in [0, 0.1) is 0 Å². The first-order chi connectivity index (χ1) is 7.81. The monoisotopic (exact) mass is 274 g/mol. The van der Waals surface area contributed by atoms with Crippen molar-refractivity contribution in [3.05, 3.63) is 0 Å². The largest absolute Gasteiger partial charge is 0.379 e. The van der Waals surface area contributed by atoms with Crippen LogP contribution in [0.1, 0.15) is 6.92 Å². The van der Waals surface area contributed by atoms with Crippen molar-refractivity contribution in [1.82, 2.24) is 0 Å². The van der Waals surface area contributed by atoms with Gasteiger partial charge in [-0.1, -0.05) is 11.6 Å². The Hall–Kier alpha value is 0.420. The molecule has 6 heteroatoms. The van der Waals surface area contributed by atoms with E-state index < -0.39 is 5.56 Å². The van der Waals surface area contributed by atoms with Gasteiger partial charge in [-0.15, -0.1) is 11.6 Å². The maximum Gasteiger partial charge on any atom is 0.154 e. The summed E-state index contributed by atoms with van der Waals surface area (Å²) in [6.07, 6.45) is 0. The van der Waals surface area contributed by atoms with Crippen LogP contribution in [0.25, 0.3) is 0 Å². The van der Waals surface area contributed by atoms with Gasteiger partial charge in [-0.3, -0.25) is 0 Å². The van der Waals surface area contributed by atoms with Crippen molar-refractivity contribution >= 4 is 23.2 Å². The van der Waals surface area contributed by atoms with Crippen molar-refractivity contribution < 1.29 is 18.9 Å². The molecule has 0 heterocycles. The molecular weight excluding hydrogens is 255 g/mol. The summed E-state index contributed by atoms with van der Waals surface area (Å²) in [7, 11) is 0. The van der Waals surface area contributed by atoms with Crippen molar-refractivity contribution in [3.63, 3.8) is 0 Å². The van der Waals surface area contributed by atoms with Gasteiger partial charge in [0.15, 0.2) is 5.56 Å². The van der Waals surface area contributed by atoms with Crippen LogP contribution in [0.5, 0.6) is 0 Å². The number of ether oxygens (including phenoxy) is 4. The Balaban J connectivity index is 3.02. The topological polar surface area (TPSA) is 36.9 Å². The summed E-state index contributed by atoms with van der Waals surface area (Å²) in [5.74, 6) is 0.434. The minimum atomic E-state index is -0.442. The van der Waals surface area contributed by atoms with E-state index in [-0.39, 0.29) is 0 Å². The molecule has 98 valence electrons. The normalized spacial score (nSPS) is 12.9. The van der Waals surface area contributed by atoms with Gasteiger partial charge >= 0.3 is 0 Å². The number of hydrogen-bond donors (Lipinski definition) is 0. The molecule has 0 fully saturated rings. The number of hydrogen-bond acceptors (Lipinski definition) is 4. The summed E-state index contributed by atoms with van der Waals surface area (Å²) in [4.78, 5) is 0. The van der Waals surface area contributed by atoms with Crippen LogP contribution >= 0.6 is 23.2 Å². The second-order valence-electron chi connectivity index (χ2n) is 2.85. The maximum absolute atomic E-state index is 5.77. The summed E-state index contributed by atoms with van der Waals surface area (Å²) in [5.41, 5.74) is -0.442. The number of rotatable bonds is 12. The molecule has 0 aromatic heterocycles. The molecule has 0 aromatic carbocycles. The van der Waals surface area contributed by atoms with Crippen LogP contribution < -0.4 is 0 Å². The van der Waals surface area contributed by atoms with E-state index in [1.807, 2.05) is 6.92 Å². The molecule has 0 aliphatic heterocycles. The molecule has 0 aliphatic rings. The van der Waals surface area contributed by atoms with Crippen LogP contribution in [0.3, 0.4) is 0 Å².